The van der Waals surface area contributed by atoms with Gasteiger partial charge in [-0.3, -0.25) is 4.99 Å². The summed E-state index contributed by atoms with van der Waals surface area (Å²) in [7, 11) is 0. The van der Waals surface area contributed by atoms with Gasteiger partial charge in [-0.15, -0.1) is 0 Å². The number of nitrogens with zero attached hydrogens (tertiary/aromatic N) is 3. The van der Waals surface area contributed by atoms with Crippen molar-refractivity contribution in [3.8, 4) is 6.07 Å². The van der Waals surface area contributed by atoms with Gasteiger partial charge in [0.1, 0.15) is 6.07 Å². The van der Waals surface area contributed by atoms with E-state index in [2.05, 4.69) is 16.1 Å². The number of benzene rings is 1. The zero-order valence-corrected chi connectivity index (χ0v) is 7.94. The van der Waals surface area contributed by atoms with Crippen molar-refractivity contribution in [2.45, 2.75) is 0 Å². The molecule has 0 fully saturated rings. The Morgan fingerprint density at radius 2 is 2.27 bits per heavy atom. The lowest BCUT2D eigenvalue weighted by Gasteiger charge is -2.02. The summed E-state index contributed by atoms with van der Waals surface area (Å²) in [4.78, 5) is 8.65. The van der Waals surface area contributed by atoms with Crippen LogP contribution in [0.4, 0.5) is 0 Å². The quantitative estimate of drug-likeness (QED) is 0.585. The molecule has 3 heteroatoms. The lowest BCUT2D eigenvalue weighted by atomic mass is 10.1. The van der Waals surface area contributed by atoms with E-state index in [9.17, 15) is 0 Å². The second kappa shape index (κ2) is 2.89. The molecule has 2 aliphatic heterocycles. The largest absolute Gasteiger partial charge is 0.288 e. The summed E-state index contributed by atoms with van der Waals surface area (Å²) in [5.41, 5.74) is 2.71. The van der Waals surface area contributed by atoms with Crippen LogP contribution in [0.5, 0.6) is 0 Å². The molecule has 0 radical (unpaired) electrons. The van der Waals surface area contributed by atoms with Crippen molar-refractivity contribution in [3.63, 3.8) is 0 Å². The third-order valence-electron chi connectivity index (χ3n) is 2.61. The Morgan fingerprint density at radius 1 is 1.33 bits per heavy atom. The SMILES string of the molecule is N#Cc1cccc2c1=NC1=CC=NCC=21. The van der Waals surface area contributed by atoms with Crippen molar-refractivity contribution in [1.29, 1.82) is 5.26 Å². The van der Waals surface area contributed by atoms with E-state index in [1.165, 1.54) is 0 Å². The van der Waals surface area contributed by atoms with E-state index in [0.717, 1.165) is 21.8 Å². The topological polar surface area (TPSA) is 48.5 Å². The first-order valence-corrected chi connectivity index (χ1v) is 4.71. The molecule has 0 aromatic heterocycles. The summed E-state index contributed by atoms with van der Waals surface area (Å²) in [6.07, 6.45) is 3.65. The van der Waals surface area contributed by atoms with Gasteiger partial charge < -0.3 is 0 Å². The van der Waals surface area contributed by atoms with Gasteiger partial charge in [0.25, 0.3) is 0 Å². The first-order valence-electron chi connectivity index (χ1n) is 4.71. The second-order valence-electron chi connectivity index (χ2n) is 3.45. The Bertz CT molecular complexity index is 657. The number of hydrogen-bond donors (Lipinski definition) is 0. The van der Waals surface area contributed by atoms with Gasteiger partial charge in [0.2, 0.25) is 0 Å². The molecular weight excluding hydrogens is 186 g/mol. The standard InChI is InChI=1S/C12H7N3/c13-6-8-2-1-3-9-10-7-14-5-4-11(10)15-12(8)9/h1-5H,7H2. The van der Waals surface area contributed by atoms with Crippen LogP contribution in [0.15, 0.2) is 40.0 Å². The van der Waals surface area contributed by atoms with Crippen molar-refractivity contribution < 1.29 is 0 Å². The van der Waals surface area contributed by atoms with Gasteiger partial charge in [-0.25, -0.2) is 4.99 Å². The van der Waals surface area contributed by atoms with Crippen LogP contribution in [-0.4, -0.2) is 12.8 Å². The van der Waals surface area contributed by atoms with Gasteiger partial charge in [0.05, 0.1) is 23.2 Å². The lowest BCUT2D eigenvalue weighted by molar-refractivity contribution is 1.22. The fourth-order valence-electron chi connectivity index (χ4n) is 1.89. The number of allylic oxidation sites excluding steroid dienone is 1. The highest BCUT2D eigenvalue weighted by Gasteiger charge is 2.15. The maximum atomic E-state index is 8.97. The molecule has 2 heterocycles. The zero-order chi connectivity index (χ0) is 10.3. The minimum absolute atomic E-state index is 0.635. The molecule has 0 bridgehead atoms. The average Bonchev–Trinajstić information content (AvgIpc) is 2.67. The number of fused-ring (bicyclic) bond motifs is 2. The van der Waals surface area contributed by atoms with Crippen molar-refractivity contribution in [1.82, 2.24) is 0 Å². The van der Waals surface area contributed by atoms with E-state index >= 15 is 0 Å². The summed E-state index contributed by atoms with van der Waals surface area (Å²) in [6.45, 7) is 0.664. The molecule has 2 aliphatic rings. The van der Waals surface area contributed by atoms with Crippen LogP contribution in [0.3, 0.4) is 0 Å². The minimum atomic E-state index is 0.635. The molecule has 15 heavy (non-hydrogen) atoms. The molecule has 0 atom stereocenters. The zero-order valence-electron chi connectivity index (χ0n) is 7.94. The van der Waals surface area contributed by atoms with Crippen LogP contribution in [0.1, 0.15) is 5.56 Å². The van der Waals surface area contributed by atoms with Crippen LogP contribution < -0.4 is 10.6 Å². The van der Waals surface area contributed by atoms with Crippen LogP contribution in [-0.2, 0) is 0 Å². The molecular formula is C12H7N3. The van der Waals surface area contributed by atoms with Gasteiger partial charge in [-0.1, -0.05) is 12.1 Å². The molecule has 3 nitrogen and oxygen atoms in total. The highest BCUT2D eigenvalue weighted by atomic mass is 14.8. The Labute approximate surface area is 86.4 Å². The van der Waals surface area contributed by atoms with Gasteiger partial charge in [-0.05, 0) is 12.1 Å². The van der Waals surface area contributed by atoms with Gasteiger partial charge >= 0.3 is 0 Å². The predicted molar refractivity (Wildman–Crippen MR) is 56.8 cm³/mol. The van der Waals surface area contributed by atoms with Crippen molar-refractivity contribution in [3.05, 3.63) is 46.1 Å². The van der Waals surface area contributed by atoms with E-state index in [-0.39, 0.29) is 0 Å². The highest BCUT2D eigenvalue weighted by molar-refractivity contribution is 5.84. The maximum Gasteiger partial charge on any atom is 0.101 e. The molecule has 0 unspecified atom stereocenters. The normalized spacial score (nSPS) is 16.2. The number of para-hydroxylation sites is 1. The molecule has 0 saturated carbocycles. The Balaban J connectivity index is 2.47. The number of nitriles is 1. The molecule has 3 rings (SSSR count). The summed E-state index contributed by atoms with van der Waals surface area (Å²) in [5.74, 6) is 0. The molecule has 0 amide bonds. The third kappa shape index (κ3) is 1.05. The van der Waals surface area contributed by atoms with Gasteiger partial charge in [0, 0.05) is 17.0 Å². The summed E-state index contributed by atoms with van der Waals surface area (Å²) in [6, 6.07) is 7.84. The molecule has 0 saturated heterocycles. The maximum absolute atomic E-state index is 8.97. The monoisotopic (exact) mass is 193 g/mol. The van der Waals surface area contributed by atoms with Crippen molar-refractivity contribution in [2.24, 2.45) is 9.98 Å². The first kappa shape index (κ1) is 8.13. The van der Waals surface area contributed by atoms with Crippen molar-refractivity contribution >= 4 is 11.8 Å². The van der Waals surface area contributed by atoms with E-state index < -0.39 is 0 Å². The van der Waals surface area contributed by atoms with Gasteiger partial charge in [-0.2, -0.15) is 5.26 Å². The van der Waals surface area contributed by atoms with Crippen molar-refractivity contribution in [2.75, 3.05) is 6.54 Å². The Morgan fingerprint density at radius 3 is 3.13 bits per heavy atom. The fourth-order valence-corrected chi connectivity index (χ4v) is 1.89. The molecule has 0 spiro atoms. The van der Waals surface area contributed by atoms with E-state index in [1.807, 2.05) is 18.2 Å². The average molecular weight is 193 g/mol. The minimum Gasteiger partial charge on any atom is -0.288 e. The molecule has 0 N–H and O–H groups in total. The van der Waals surface area contributed by atoms with E-state index in [0.29, 0.717) is 12.1 Å². The second-order valence-corrected chi connectivity index (χ2v) is 3.45. The van der Waals surface area contributed by atoms with E-state index in [4.69, 9.17) is 5.26 Å². The first-order chi connectivity index (χ1) is 7.40. The molecule has 0 aliphatic carbocycles. The summed E-state index contributed by atoms with van der Waals surface area (Å²) < 4.78 is 0. The molecule has 1 aromatic rings. The fraction of sp³-hybridized carbons (Fsp3) is 0.0833. The van der Waals surface area contributed by atoms with Crippen LogP contribution in [0.25, 0.3) is 5.57 Å². The highest BCUT2D eigenvalue weighted by Crippen LogP contribution is 2.16. The predicted octanol–water partition coefficient (Wildman–Crippen LogP) is 0.310. The van der Waals surface area contributed by atoms with Gasteiger partial charge in [0.15, 0.2) is 0 Å². The lowest BCUT2D eigenvalue weighted by Crippen LogP contribution is -2.26. The Hall–Kier alpha value is -2.21. The number of hydrogen-bond acceptors (Lipinski definition) is 3. The summed E-state index contributed by atoms with van der Waals surface area (Å²) >= 11 is 0. The van der Waals surface area contributed by atoms with E-state index in [1.54, 1.807) is 12.3 Å². The Kier molecular flexibility index (Phi) is 1.57. The molecule has 1 aromatic carbocycles. The van der Waals surface area contributed by atoms with Crippen LogP contribution >= 0.6 is 0 Å². The smallest absolute Gasteiger partial charge is 0.101 e. The molecule has 70 valence electrons. The summed E-state index contributed by atoms with van der Waals surface area (Å²) in [5, 5.41) is 10.8. The van der Waals surface area contributed by atoms with Crippen LogP contribution in [0, 0.1) is 11.3 Å². The number of aliphatic imine (C=N–C) groups is 1. The number of rotatable bonds is 0. The van der Waals surface area contributed by atoms with Crippen LogP contribution in [0.2, 0.25) is 0 Å². The third-order valence-corrected chi connectivity index (χ3v) is 2.61. The number of dihydropyridines is 1.